The van der Waals surface area contributed by atoms with Gasteiger partial charge in [-0.05, 0) is 37.8 Å². The standard InChI is InChI=1S/C16H18N2O4/c19-12-4-5-13(20)15(12)6-8-16(9-7-15,18-14(21)22)11-3-1-2-10-17-11/h1-3,10,18H,4-9H2,(H,21,22). The van der Waals surface area contributed by atoms with Gasteiger partial charge in [0, 0.05) is 19.0 Å². The Labute approximate surface area is 127 Å². The molecule has 1 aromatic heterocycles. The largest absolute Gasteiger partial charge is 0.465 e. The van der Waals surface area contributed by atoms with Crippen molar-refractivity contribution < 1.29 is 19.5 Å². The monoisotopic (exact) mass is 302 g/mol. The van der Waals surface area contributed by atoms with Gasteiger partial charge in [0.1, 0.15) is 11.6 Å². The molecule has 6 heteroatoms. The van der Waals surface area contributed by atoms with Crippen LogP contribution in [-0.2, 0) is 15.1 Å². The number of carbonyl (C=O) groups is 3. The molecule has 22 heavy (non-hydrogen) atoms. The minimum atomic E-state index is -1.12. The molecule has 116 valence electrons. The summed E-state index contributed by atoms with van der Waals surface area (Å²) >= 11 is 0. The Kier molecular flexibility index (Phi) is 3.47. The molecule has 2 aliphatic carbocycles. The second-order valence-corrected chi connectivity index (χ2v) is 6.16. The third-order valence-corrected chi connectivity index (χ3v) is 5.11. The summed E-state index contributed by atoms with van der Waals surface area (Å²) in [7, 11) is 0. The lowest BCUT2D eigenvalue weighted by Gasteiger charge is -2.42. The van der Waals surface area contributed by atoms with Crippen molar-refractivity contribution in [1.82, 2.24) is 10.3 Å². The van der Waals surface area contributed by atoms with Crippen molar-refractivity contribution in [3.63, 3.8) is 0 Å². The number of hydrogen-bond donors (Lipinski definition) is 2. The van der Waals surface area contributed by atoms with E-state index in [9.17, 15) is 19.5 Å². The lowest BCUT2D eigenvalue weighted by molar-refractivity contribution is -0.138. The molecule has 0 aliphatic heterocycles. The van der Waals surface area contributed by atoms with Crippen LogP contribution in [0.2, 0.25) is 0 Å². The van der Waals surface area contributed by atoms with Crippen LogP contribution in [0.4, 0.5) is 4.79 Å². The van der Waals surface area contributed by atoms with E-state index in [1.54, 1.807) is 18.3 Å². The summed E-state index contributed by atoms with van der Waals surface area (Å²) in [5.74, 6) is 0.0323. The molecule has 2 saturated carbocycles. The van der Waals surface area contributed by atoms with E-state index in [-0.39, 0.29) is 11.6 Å². The average molecular weight is 302 g/mol. The van der Waals surface area contributed by atoms with Crippen LogP contribution in [0, 0.1) is 5.41 Å². The Morgan fingerprint density at radius 1 is 1.09 bits per heavy atom. The third-order valence-electron chi connectivity index (χ3n) is 5.11. The Morgan fingerprint density at radius 2 is 1.73 bits per heavy atom. The van der Waals surface area contributed by atoms with E-state index in [2.05, 4.69) is 10.3 Å². The van der Waals surface area contributed by atoms with Crippen molar-refractivity contribution in [1.29, 1.82) is 0 Å². The van der Waals surface area contributed by atoms with Gasteiger partial charge in [-0.2, -0.15) is 0 Å². The van der Waals surface area contributed by atoms with Gasteiger partial charge in [-0.3, -0.25) is 14.6 Å². The smallest absolute Gasteiger partial charge is 0.405 e. The van der Waals surface area contributed by atoms with E-state index in [4.69, 9.17) is 0 Å². The maximum absolute atomic E-state index is 12.2. The normalized spacial score (nSPS) is 22.7. The van der Waals surface area contributed by atoms with E-state index < -0.39 is 17.0 Å². The van der Waals surface area contributed by atoms with E-state index in [0.717, 1.165) is 0 Å². The van der Waals surface area contributed by atoms with Gasteiger partial charge < -0.3 is 10.4 Å². The van der Waals surface area contributed by atoms with Crippen LogP contribution in [0.15, 0.2) is 24.4 Å². The highest BCUT2D eigenvalue weighted by atomic mass is 16.4. The first-order valence-electron chi connectivity index (χ1n) is 7.48. The summed E-state index contributed by atoms with van der Waals surface area (Å²) in [6.45, 7) is 0. The molecule has 0 aromatic carbocycles. The molecule has 1 spiro atoms. The van der Waals surface area contributed by atoms with Gasteiger partial charge in [0.25, 0.3) is 0 Å². The van der Waals surface area contributed by atoms with Crippen molar-refractivity contribution in [3.8, 4) is 0 Å². The minimum Gasteiger partial charge on any atom is -0.465 e. The second-order valence-electron chi connectivity index (χ2n) is 6.16. The number of nitrogens with zero attached hydrogens (tertiary/aromatic N) is 1. The predicted octanol–water partition coefficient (Wildman–Crippen LogP) is 2.04. The molecular weight excluding hydrogens is 284 g/mol. The molecule has 1 amide bonds. The van der Waals surface area contributed by atoms with Gasteiger partial charge in [0.15, 0.2) is 0 Å². The van der Waals surface area contributed by atoms with Crippen molar-refractivity contribution in [2.75, 3.05) is 0 Å². The molecule has 2 N–H and O–H groups in total. The Hall–Kier alpha value is -2.24. The molecule has 2 fully saturated rings. The first-order valence-corrected chi connectivity index (χ1v) is 7.48. The number of ketones is 2. The Bertz CT molecular complexity index is 600. The second kappa shape index (κ2) is 5.19. The zero-order chi connectivity index (χ0) is 15.8. The Balaban J connectivity index is 1.90. The number of carbonyl (C=O) groups excluding carboxylic acids is 2. The van der Waals surface area contributed by atoms with Crippen LogP contribution in [0.25, 0.3) is 0 Å². The topological polar surface area (TPSA) is 96.4 Å². The van der Waals surface area contributed by atoms with Gasteiger partial charge in [0.2, 0.25) is 0 Å². The SMILES string of the molecule is O=C(O)NC1(c2ccccn2)CCC2(CC1)C(=O)CCC2=O. The first-order chi connectivity index (χ1) is 10.5. The van der Waals surface area contributed by atoms with Gasteiger partial charge in [0.05, 0.1) is 16.6 Å². The number of nitrogens with one attached hydrogen (secondary N) is 1. The summed E-state index contributed by atoms with van der Waals surface area (Å²) < 4.78 is 0. The van der Waals surface area contributed by atoms with Crippen LogP contribution < -0.4 is 5.32 Å². The highest BCUT2D eigenvalue weighted by molar-refractivity contribution is 6.12. The quantitative estimate of drug-likeness (QED) is 0.815. The van der Waals surface area contributed by atoms with E-state index in [0.29, 0.717) is 44.2 Å². The number of Topliss-reactive ketones (excluding diaryl/α,β-unsaturated/α-hetero) is 2. The number of aromatic nitrogens is 1. The number of rotatable bonds is 2. The van der Waals surface area contributed by atoms with Crippen molar-refractivity contribution >= 4 is 17.7 Å². The van der Waals surface area contributed by atoms with Crippen molar-refractivity contribution in [2.45, 2.75) is 44.1 Å². The van der Waals surface area contributed by atoms with E-state index >= 15 is 0 Å². The van der Waals surface area contributed by atoms with Gasteiger partial charge >= 0.3 is 6.09 Å². The van der Waals surface area contributed by atoms with Crippen LogP contribution >= 0.6 is 0 Å². The fourth-order valence-corrected chi connectivity index (χ4v) is 3.82. The fraction of sp³-hybridized carbons (Fsp3) is 0.500. The fourth-order valence-electron chi connectivity index (χ4n) is 3.82. The van der Waals surface area contributed by atoms with Crippen LogP contribution in [-0.4, -0.2) is 27.8 Å². The Morgan fingerprint density at radius 3 is 2.23 bits per heavy atom. The zero-order valence-electron chi connectivity index (χ0n) is 12.2. The molecule has 2 aliphatic rings. The molecule has 1 heterocycles. The van der Waals surface area contributed by atoms with Gasteiger partial charge in [-0.25, -0.2) is 4.79 Å². The molecule has 3 rings (SSSR count). The maximum atomic E-state index is 12.2. The summed E-state index contributed by atoms with van der Waals surface area (Å²) in [5, 5.41) is 11.8. The van der Waals surface area contributed by atoms with E-state index in [1.807, 2.05) is 6.07 Å². The lowest BCUT2D eigenvalue weighted by atomic mass is 9.64. The molecule has 0 saturated heterocycles. The number of amides is 1. The van der Waals surface area contributed by atoms with Crippen molar-refractivity contribution in [2.24, 2.45) is 5.41 Å². The lowest BCUT2D eigenvalue weighted by Crippen LogP contribution is -2.52. The summed E-state index contributed by atoms with van der Waals surface area (Å²) in [6.07, 6.45) is 2.75. The molecule has 0 atom stereocenters. The zero-order valence-corrected chi connectivity index (χ0v) is 12.2. The van der Waals surface area contributed by atoms with Crippen LogP contribution in [0.1, 0.15) is 44.2 Å². The highest BCUT2D eigenvalue weighted by Crippen LogP contribution is 2.49. The first kappa shape index (κ1) is 14.7. The summed E-state index contributed by atoms with van der Waals surface area (Å²) in [6, 6.07) is 5.36. The van der Waals surface area contributed by atoms with E-state index in [1.165, 1.54) is 0 Å². The molecule has 0 unspecified atom stereocenters. The molecule has 1 aromatic rings. The van der Waals surface area contributed by atoms with Crippen LogP contribution in [0.5, 0.6) is 0 Å². The van der Waals surface area contributed by atoms with Gasteiger partial charge in [-0.1, -0.05) is 6.07 Å². The maximum Gasteiger partial charge on any atom is 0.405 e. The number of hydrogen-bond acceptors (Lipinski definition) is 4. The van der Waals surface area contributed by atoms with Crippen LogP contribution in [0.3, 0.4) is 0 Å². The molecule has 6 nitrogen and oxygen atoms in total. The minimum absolute atomic E-state index is 0.0162. The molecular formula is C16H18N2O4. The molecule has 0 radical (unpaired) electrons. The molecule has 0 bridgehead atoms. The summed E-state index contributed by atoms with van der Waals surface area (Å²) in [4.78, 5) is 39.8. The highest BCUT2D eigenvalue weighted by Gasteiger charge is 2.54. The number of carboxylic acid groups (broad SMARTS) is 1. The summed E-state index contributed by atoms with van der Waals surface area (Å²) in [5.41, 5.74) is -1.05. The predicted molar refractivity (Wildman–Crippen MR) is 77.2 cm³/mol. The van der Waals surface area contributed by atoms with Crippen molar-refractivity contribution in [3.05, 3.63) is 30.1 Å². The number of pyridine rings is 1. The average Bonchev–Trinajstić information content (AvgIpc) is 2.79. The van der Waals surface area contributed by atoms with Gasteiger partial charge in [-0.15, -0.1) is 0 Å². The third kappa shape index (κ3) is 2.19.